The zero-order valence-electron chi connectivity index (χ0n) is 15.4. The number of nitrogens with zero attached hydrogens (tertiary/aromatic N) is 2. The van der Waals surface area contributed by atoms with Crippen molar-refractivity contribution in [3.05, 3.63) is 47.9 Å². The molecule has 4 N–H and O–H groups in total. The van der Waals surface area contributed by atoms with Crippen LogP contribution < -0.4 is 26.0 Å². The molecule has 9 heteroatoms. The Morgan fingerprint density at radius 3 is 2.79 bits per heavy atom. The van der Waals surface area contributed by atoms with Crippen LogP contribution in [0.15, 0.2) is 36.5 Å². The van der Waals surface area contributed by atoms with E-state index < -0.39 is 11.9 Å². The minimum Gasteiger partial charge on any atom is -0.480 e. The van der Waals surface area contributed by atoms with Gasteiger partial charge in [-0.1, -0.05) is 0 Å². The summed E-state index contributed by atoms with van der Waals surface area (Å²) in [4.78, 5) is 29.7. The summed E-state index contributed by atoms with van der Waals surface area (Å²) < 4.78 is 18.0. The minimum absolute atomic E-state index is 0.0889. The van der Waals surface area contributed by atoms with Crippen molar-refractivity contribution in [2.45, 2.75) is 6.42 Å². The molecule has 1 saturated heterocycles. The first-order valence-corrected chi connectivity index (χ1v) is 8.85. The van der Waals surface area contributed by atoms with Crippen molar-refractivity contribution < 1.29 is 18.7 Å². The lowest BCUT2D eigenvalue weighted by atomic mass is 10.1. The Hall–Kier alpha value is -3.36. The number of nitrogens with two attached hydrogens (primary N) is 1. The first-order valence-electron chi connectivity index (χ1n) is 8.85. The topological polar surface area (TPSA) is 110 Å². The molecule has 0 bridgehead atoms. The largest absolute Gasteiger partial charge is 0.480 e. The fourth-order valence-corrected chi connectivity index (χ4v) is 3.16. The Morgan fingerprint density at radius 1 is 1.36 bits per heavy atom. The van der Waals surface area contributed by atoms with Gasteiger partial charge in [0.2, 0.25) is 5.88 Å². The number of carbonyl (C=O) groups excluding carboxylic acids is 2. The lowest BCUT2D eigenvalue weighted by Gasteiger charge is -2.19. The van der Waals surface area contributed by atoms with E-state index in [-0.39, 0.29) is 23.2 Å². The molecule has 1 atom stereocenters. The van der Waals surface area contributed by atoms with E-state index in [2.05, 4.69) is 20.5 Å². The highest BCUT2D eigenvalue weighted by Crippen LogP contribution is 2.23. The average Bonchev–Trinajstić information content (AvgIpc) is 3.16. The SMILES string of the molecule is COc1ncc(NC(=O)NCC2CCN(c3ccc(F)cc3)C2)cc1C(N)=O. The van der Waals surface area contributed by atoms with E-state index in [4.69, 9.17) is 10.5 Å². The minimum atomic E-state index is -0.694. The van der Waals surface area contributed by atoms with Crippen molar-refractivity contribution in [3.63, 3.8) is 0 Å². The highest BCUT2D eigenvalue weighted by molar-refractivity contribution is 5.97. The van der Waals surface area contributed by atoms with Crippen LogP contribution in [0.2, 0.25) is 0 Å². The van der Waals surface area contributed by atoms with Crippen molar-refractivity contribution >= 4 is 23.3 Å². The molecule has 1 fully saturated rings. The maximum Gasteiger partial charge on any atom is 0.319 e. The van der Waals surface area contributed by atoms with Gasteiger partial charge in [0.1, 0.15) is 11.4 Å². The number of pyridine rings is 1. The lowest BCUT2D eigenvalue weighted by Crippen LogP contribution is -2.34. The quantitative estimate of drug-likeness (QED) is 0.702. The molecule has 3 rings (SSSR count). The normalized spacial score (nSPS) is 15.9. The fourth-order valence-electron chi connectivity index (χ4n) is 3.16. The smallest absolute Gasteiger partial charge is 0.319 e. The van der Waals surface area contributed by atoms with E-state index in [1.807, 2.05) is 0 Å². The van der Waals surface area contributed by atoms with Crippen molar-refractivity contribution in [1.82, 2.24) is 10.3 Å². The number of hydrogen-bond donors (Lipinski definition) is 3. The third-order valence-electron chi connectivity index (χ3n) is 4.60. The van der Waals surface area contributed by atoms with Gasteiger partial charge < -0.3 is 26.0 Å². The van der Waals surface area contributed by atoms with Gasteiger partial charge in [0.15, 0.2) is 0 Å². The highest BCUT2D eigenvalue weighted by Gasteiger charge is 2.23. The van der Waals surface area contributed by atoms with Gasteiger partial charge >= 0.3 is 6.03 Å². The van der Waals surface area contributed by atoms with Gasteiger partial charge in [-0.25, -0.2) is 14.2 Å². The number of aromatic nitrogens is 1. The second-order valence-electron chi connectivity index (χ2n) is 6.56. The first-order chi connectivity index (χ1) is 13.5. The van der Waals surface area contributed by atoms with Gasteiger partial charge in [0.25, 0.3) is 5.91 Å². The second kappa shape index (κ2) is 8.55. The highest BCUT2D eigenvalue weighted by atomic mass is 19.1. The van der Waals surface area contributed by atoms with Gasteiger partial charge in [-0.05, 0) is 42.7 Å². The molecule has 1 unspecified atom stereocenters. The number of methoxy groups -OCH3 is 1. The number of anilines is 2. The molecule has 8 nitrogen and oxygen atoms in total. The molecule has 1 aromatic heterocycles. The van der Waals surface area contributed by atoms with Gasteiger partial charge in [0.05, 0.1) is 19.0 Å². The van der Waals surface area contributed by atoms with E-state index >= 15 is 0 Å². The van der Waals surface area contributed by atoms with Crippen LogP contribution in [0.1, 0.15) is 16.8 Å². The zero-order valence-corrected chi connectivity index (χ0v) is 15.4. The number of ether oxygens (including phenoxy) is 1. The summed E-state index contributed by atoms with van der Waals surface area (Å²) in [6, 6.07) is 7.41. The molecule has 28 heavy (non-hydrogen) atoms. The maximum atomic E-state index is 13.0. The number of rotatable bonds is 6. The summed E-state index contributed by atoms with van der Waals surface area (Å²) in [6.45, 7) is 2.13. The first kappa shape index (κ1) is 19.4. The molecule has 0 aliphatic carbocycles. The Labute approximate surface area is 161 Å². The number of halogens is 1. The summed E-state index contributed by atoms with van der Waals surface area (Å²) in [5.41, 5.74) is 6.69. The van der Waals surface area contributed by atoms with Crippen LogP contribution in [0.4, 0.5) is 20.6 Å². The van der Waals surface area contributed by atoms with Crippen LogP contribution in [-0.4, -0.2) is 43.7 Å². The predicted octanol–water partition coefficient (Wildman–Crippen LogP) is 1.98. The Kier molecular flexibility index (Phi) is 5.93. The van der Waals surface area contributed by atoms with Gasteiger partial charge in [-0.3, -0.25) is 4.79 Å². The predicted molar refractivity (Wildman–Crippen MR) is 103 cm³/mol. The van der Waals surface area contributed by atoms with Crippen LogP contribution in [0.5, 0.6) is 5.88 Å². The Bertz CT molecular complexity index is 859. The van der Waals surface area contributed by atoms with Gasteiger partial charge in [-0.2, -0.15) is 0 Å². The molecule has 2 aromatic rings. The number of benzene rings is 1. The maximum absolute atomic E-state index is 13.0. The standard InChI is InChI=1S/C19H22FN5O3/c1-28-18-16(17(21)26)8-14(10-22-18)24-19(27)23-9-12-6-7-25(11-12)15-4-2-13(20)3-5-15/h2-5,8,10,12H,6-7,9,11H2,1H3,(H2,21,26)(H2,23,24,27). The number of amides is 3. The van der Waals surface area contributed by atoms with Crippen LogP contribution in [0, 0.1) is 11.7 Å². The molecule has 3 amide bonds. The molecule has 0 saturated carbocycles. The van der Waals surface area contributed by atoms with Crippen LogP contribution in [-0.2, 0) is 0 Å². The van der Waals surface area contributed by atoms with Crippen molar-refractivity contribution in [2.24, 2.45) is 11.7 Å². The zero-order chi connectivity index (χ0) is 20.1. The monoisotopic (exact) mass is 387 g/mol. The van der Waals surface area contributed by atoms with E-state index in [0.717, 1.165) is 25.2 Å². The second-order valence-corrected chi connectivity index (χ2v) is 6.56. The average molecular weight is 387 g/mol. The number of primary amides is 1. The summed E-state index contributed by atoms with van der Waals surface area (Å²) >= 11 is 0. The molecule has 0 spiro atoms. The number of urea groups is 1. The van der Waals surface area contributed by atoms with E-state index in [1.165, 1.54) is 31.5 Å². The summed E-state index contributed by atoms with van der Waals surface area (Å²) in [5, 5.41) is 5.45. The lowest BCUT2D eigenvalue weighted by molar-refractivity contribution is 0.0996. The number of nitrogens with one attached hydrogen (secondary N) is 2. The molecule has 1 aliphatic rings. The number of carbonyl (C=O) groups is 2. The molecule has 1 aliphatic heterocycles. The van der Waals surface area contributed by atoms with Gasteiger partial charge in [-0.15, -0.1) is 0 Å². The summed E-state index contributed by atoms with van der Waals surface area (Å²) in [5.74, 6) is -0.568. The van der Waals surface area contributed by atoms with E-state index in [9.17, 15) is 14.0 Å². The van der Waals surface area contributed by atoms with Crippen molar-refractivity contribution in [1.29, 1.82) is 0 Å². The molecular formula is C19H22FN5O3. The van der Waals surface area contributed by atoms with Crippen LogP contribution in [0.3, 0.4) is 0 Å². The Balaban J connectivity index is 1.50. The molecular weight excluding hydrogens is 365 g/mol. The van der Waals surface area contributed by atoms with Gasteiger partial charge in [0, 0.05) is 25.3 Å². The van der Waals surface area contributed by atoms with Crippen molar-refractivity contribution in [2.75, 3.05) is 37.0 Å². The molecule has 148 valence electrons. The van der Waals surface area contributed by atoms with E-state index in [1.54, 1.807) is 12.1 Å². The molecule has 1 aromatic carbocycles. The Morgan fingerprint density at radius 2 is 2.11 bits per heavy atom. The summed E-state index contributed by atoms with van der Waals surface area (Å²) in [7, 11) is 1.38. The molecule has 0 radical (unpaired) electrons. The third kappa shape index (κ3) is 4.67. The van der Waals surface area contributed by atoms with Crippen LogP contribution in [0.25, 0.3) is 0 Å². The van der Waals surface area contributed by atoms with E-state index in [0.29, 0.717) is 12.2 Å². The number of hydrogen-bond acceptors (Lipinski definition) is 5. The third-order valence-corrected chi connectivity index (χ3v) is 4.60. The van der Waals surface area contributed by atoms with Crippen LogP contribution >= 0.6 is 0 Å². The molecule has 2 heterocycles. The summed E-state index contributed by atoms with van der Waals surface area (Å²) in [6.07, 6.45) is 2.31. The van der Waals surface area contributed by atoms with Crippen molar-refractivity contribution in [3.8, 4) is 5.88 Å². The fraction of sp³-hybridized carbons (Fsp3) is 0.316.